The molecule has 1 rings (SSSR count). The number of hydrogen-bond acceptors (Lipinski definition) is 5. The fraction of sp³-hybridized carbons (Fsp3) is 0.455. The first-order valence-corrected chi connectivity index (χ1v) is 7.35. The van der Waals surface area contributed by atoms with Gasteiger partial charge >= 0.3 is 0 Å². The van der Waals surface area contributed by atoms with Gasteiger partial charge in [-0.05, 0) is 12.1 Å². The van der Waals surface area contributed by atoms with E-state index >= 15 is 0 Å². The highest BCUT2D eigenvalue weighted by molar-refractivity contribution is 8.13. The first-order chi connectivity index (χ1) is 8.39. The second-order valence-corrected chi connectivity index (χ2v) is 6.12. The summed E-state index contributed by atoms with van der Waals surface area (Å²) >= 11 is 0. The van der Waals surface area contributed by atoms with E-state index in [0.717, 1.165) is 0 Å². The van der Waals surface area contributed by atoms with Gasteiger partial charge in [-0.25, -0.2) is 8.42 Å². The second-order valence-electron chi connectivity index (χ2n) is 3.56. The molecule has 18 heavy (non-hydrogen) atoms. The van der Waals surface area contributed by atoms with Crippen molar-refractivity contribution >= 4 is 19.7 Å². The Morgan fingerprint density at radius 3 is 1.94 bits per heavy atom. The summed E-state index contributed by atoms with van der Waals surface area (Å²) in [6, 6.07) is 5.92. The molecule has 7 heteroatoms. The highest BCUT2D eigenvalue weighted by atomic mass is 35.7. The summed E-state index contributed by atoms with van der Waals surface area (Å²) in [5, 5.41) is 0. The molecule has 0 atom stereocenters. The van der Waals surface area contributed by atoms with Gasteiger partial charge in [-0.2, -0.15) is 0 Å². The van der Waals surface area contributed by atoms with E-state index in [1.165, 1.54) is 33.5 Å². The molecule has 0 heterocycles. The molecule has 1 aromatic rings. The van der Waals surface area contributed by atoms with E-state index in [0.29, 0.717) is 5.56 Å². The summed E-state index contributed by atoms with van der Waals surface area (Å²) in [5.41, 5.74) is 0.637. The van der Waals surface area contributed by atoms with Crippen LogP contribution in [-0.2, 0) is 29.0 Å². The first-order valence-electron chi connectivity index (χ1n) is 5.04. The predicted octanol–water partition coefficient (Wildman–Crippen LogP) is 1.71. The third kappa shape index (κ3) is 3.21. The van der Waals surface area contributed by atoms with Crippen molar-refractivity contribution in [2.75, 3.05) is 27.9 Å². The summed E-state index contributed by atoms with van der Waals surface area (Å²) in [5.74, 6) is -1.07. The van der Waals surface area contributed by atoms with Gasteiger partial charge < -0.3 is 14.2 Å². The lowest BCUT2D eigenvalue weighted by Gasteiger charge is -2.30. The van der Waals surface area contributed by atoms with Crippen LogP contribution in [0.15, 0.2) is 29.2 Å². The quantitative estimate of drug-likeness (QED) is 0.590. The lowest BCUT2D eigenvalue weighted by molar-refractivity contribution is -0.240. The molecule has 5 nitrogen and oxygen atoms in total. The molecule has 0 amide bonds. The summed E-state index contributed by atoms with van der Waals surface area (Å²) in [7, 11) is 5.99. The third-order valence-electron chi connectivity index (χ3n) is 2.57. The summed E-state index contributed by atoms with van der Waals surface area (Å²) in [6.07, 6.45) is 0. The monoisotopic (exact) mass is 294 g/mol. The van der Waals surface area contributed by atoms with Crippen molar-refractivity contribution in [2.24, 2.45) is 0 Å². The number of rotatable bonds is 6. The van der Waals surface area contributed by atoms with E-state index in [9.17, 15) is 8.42 Å². The topological polar surface area (TPSA) is 61.8 Å². The minimum absolute atomic E-state index is 0.0199. The predicted molar refractivity (Wildman–Crippen MR) is 67.1 cm³/mol. The SMILES string of the molecule is COCC(OC)(OC)c1ccc(S(=O)(=O)Cl)cc1. The van der Waals surface area contributed by atoms with Crippen LogP contribution in [0.4, 0.5) is 0 Å². The van der Waals surface area contributed by atoms with Gasteiger partial charge in [0.2, 0.25) is 5.79 Å². The maximum atomic E-state index is 11.1. The van der Waals surface area contributed by atoms with Gasteiger partial charge in [0.15, 0.2) is 0 Å². The number of benzene rings is 1. The van der Waals surface area contributed by atoms with Crippen molar-refractivity contribution in [1.29, 1.82) is 0 Å². The Hall–Kier alpha value is -0.660. The number of halogens is 1. The Kier molecular flexibility index (Phi) is 5.12. The minimum Gasteiger partial charge on any atom is -0.379 e. The molecule has 0 aliphatic rings. The lowest BCUT2D eigenvalue weighted by Crippen LogP contribution is -2.35. The van der Waals surface area contributed by atoms with Crippen LogP contribution in [0.25, 0.3) is 0 Å². The van der Waals surface area contributed by atoms with Crippen LogP contribution >= 0.6 is 10.7 Å². The maximum absolute atomic E-state index is 11.1. The molecular formula is C11H15ClO5S. The third-order valence-corrected chi connectivity index (χ3v) is 3.94. The van der Waals surface area contributed by atoms with E-state index in [1.807, 2.05) is 0 Å². The standard InChI is InChI=1S/C11H15ClO5S/c1-15-8-11(16-2,17-3)9-4-6-10(7-5-9)18(12,13)14/h4-7H,8H2,1-3H3. The van der Waals surface area contributed by atoms with Crippen LogP contribution < -0.4 is 0 Å². The molecule has 0 aliphatic heterocycles. The Labute approximate surface area is 111 Å². The molecule has 0 aromatic heterocycles. The zero-order valence-electron chi connectivity index (χ0n) is 10.3. The van der Waals surface area contributed by atoms with Gasteiger partial charge in [0.05, 0.1) is 4.90 Å². The fourth-order valence-corrected chi connectivity index (χ4v) is 2.35. The molecule has 0 spiro atoms. The van der Waals surface area contributed by atoms with Gasteiger partial charge in [-0.15, -0.1) is 0 Å². The van der Waals surface area contributed by atoms with E-state index in [-0.39, 0.29) is 11.5 Å². The van der Waals surface area contributed by atoms with Gasteiger partial charge in [-0.1, -0.05) is 12.1 Å². The van der Waals surface area contributed by atoms with Crippen molar-refractivity contribution in [2.45, 2.75) is 10.7 Å². The average Bonchev–Trinajstić information content (AvgIpc) is 2.35. The molecular weight excluding hydrogens is 280 g/mol. The Morgan fingerprint density at radius 2 is 1.61 bits per heavy atom. The fourth-order valence-electron chi connectivity index (χ4n) is 1.58. The maximum Gasteiger partial charge on any atom is 0.261 e. The molecule has 0 aliphatic carbocycles. The number of ether oxygens (including phenoxy) is 3. The van der Waals surface area contributed by atoms with Crippen LogP contribution in [-0.4, -0.2) is 36.4 Å². The zero-order chi connectivity index (χ0) is 13.8. The van der Waals surface area contributed by atoms with Gasteiger partial charge in [0.25, 0.3) is 9.05 Å². The molecule has 0 saturated heterocycles. The molecule has 0 fully saturated rings. The van der Waals surface area contributed by atoms with E-state index in [2.05, 4.69) is 0 Å². The van der Waals surface area contributed by atoms with Gasteiger partial charge in [0, 0.05) is 37.6 Å². The molecule has 1 aromatic carbocycles. The van der Waals surface area contributed by atoms with Gasteiger partial charge in [0.1, 0.15) is 6.61 Å². The molecule has 0 N–H and O–H groups in total. The normalized spacial score (nSPS) is 12.7. The summed E-state index contributed by atoms with van der Waals surface area (Å²) < 4.78 is 37.9. The number of methoxy groups -OCH3 is 3. The summed E-state index contributed by atoms with van der Waals surface area (Å²) in [4.78, 5) is 0.0199. The van der Waals surface area contributed by atoms with E-state index < -0.39 is 14.8 Å². The Balaban J connectivity index is 3.16. The molecule has 0 bridgehead atoms. The van der Waals surface area contributed by atoms with Crippen LogP contribution in [0.2, 0.25) is 0 Å². The van der Waals surface area contributed by atoms with Crippen molar-refractivity contribution in [1.82, 2.24) is 0 Å². The first kappa shape index (κ1) is 15.4. The Bertz CT molecular complexity index is 479. The van der Waals surface area contributed by atoms with Crippen LogP contribution in [0.1, 0.15) is 5.56 Å². The molecule has 0 saturated carbocycles. The molecule has 0 radical (unpaired) electrons. The average molecular weight is 295 g/mol. The van der Waals surface area contributed by atoms with Crippen LogP contribution in [0.5, 0.6) is 0 Å². The highest BCUT2D eigenvalue weighted by Crippen LogP contribution is 2.28. The summed E-state index contributed by atoms with van der Waals surface area (Å²) in [6.45, 7) is 0.174. The molecule has 102 valence electrons. The van der Waals surface area contributed by atoms with Crippen LogP contribution in [0.3, 0.4) is 0 Å². The van der Waals surface area contributed by atoms with Crippen molar-refractivity contribution in [3.63, 3.8) is 0 Å². The molecule has 0 unspecified atom stereocenters. The van der Waals surface area contributed by atoms with Crippen LogP contribution in [0, 0.1) is 0 Å². The van der Waals surface area contributed by atoms with Crippen molar-refractivity contribution in [3.05, 3.63) is 29.8 Å². The van der Waals surface area contributed by atoms with E-state index in [1.54, 1.807) is 12.1 Å². The minimum atomic E-state index is -3.73. The number of hydrogen-bond donors (Lipinski definition) is 0. The van der Waals surface area contributed by atoms with E-state index in [4.69, 9.17) is 24.9 Å². The highest BCUT2D eigenvalue weighted by Gasteiger charge is 2.32. The largest absolute Gasteiger partial charge is 0.379 e. The Morgan fingerprint density at radius 1 is 1.11 bits per heavy atom. The van der Waals surface area contributed by atoms with Crippen molar-refractivity contribution < 1.29 is 22.6 Å². The smallest absolute Gasteiger partial charge is 0.261 e. The van der Waals surface area contributed by atoms with Crippen molar-refractivity contribution in [3.8, 4) is 0 Å². The van der Waals surface area contributed by atoms with Gasteiger partial charge in [-0.3, -0.25) is 0 Å². The zero-order valence-corrected chi connectivity index (χ0v) is 11.9. The second kappa shape index (κ2) is 5.99. The lowest BCUT2D eigenvalue weighted by atomic mass is 10.1.